The molecule has 5 rings (SSSR count). The van der Waals surface area contributed by atoms with Crippen LogP contribution in [0.15, 0.2) is 76.2 Å². The monoisotopic (exact) mass is 582 g/mol. The fourth-order valence-electron chi connectivity index (χ4n) is 4.39. The number of aryl methyl sites for hydroxylation is 1. The van der Waals surface area contributed by atoms with Crippen LogP contribution in [0.1, 0.15) is 29.2 Å². The molecule has 0 spiro atoms. The number of hydrogen-bond acceptors (Lipinski definition) is 3. The molecule has 0 unspecified atom stereocenters. The molecule has 1 aliphatic heterocycles. The molecule has 4 aromatic rings. The maximum Gasteiger partial charge on any atom is 0.293 e. The Hall–Kier alpha value is -2.87. The Bertz CT molecular complexity index is 1510. The number of imide groups is 1. The van der Waals surface area contributed by atoms with Crippen molar-refractivity contribution in [3.8, 4) is 0 Å². The number of hydrogen-bond donors (Lipinski definition) is 0. The lowest BCUT2D eigenvalue weighted by Crippen LogP contribution is -2.27. The highest BCUT2D eigenvalue weighted by molar-refractivity contribution is 9.10. The number of amides is 2. The highest BCUT2D eigenvalue weighted by Gasteiger charge is 2.35. The van der Waals surface area contributed by atoms with Gasteiger partial charge in [-0.15, -0.1) is 0 Å². The van der Waals surface area contributed by atoms with Gasteiger partial charge in [-0.3, -0.25) is 14.5 Å². The average molecular weight is 584 g/mol. The largest absolute Gasteiger partial charge is 0.342 e. The molecule has 1 saturated heterocycles. The SMILES string of the molecule is CCc1cccc2c(/C=C3\SC(=O)N(Cc4ccc(Br)cc4)C3=O)cn(Cc3c(F)cccc3Cl)c12. The molecule has 1 aliphatic rings. The van der Waals surface area contributed by atoms with Crippen LogP contribution in [-0.4, -0.2) is 20.6 Å². The Labute approximate surface area is 225 Å². The number of carbonyl (C=O) groups excluding carboxylic acids is 2. The van der Waals surface area contributed by atoms with Crippen molar-refractivity contribution < 1.29 is 14.0 Å². The lowest BCUT2D eigenvalue weighted by molar-refractivity contribution is -0.123. The Balaban J connectivity index is 1.53. The first-order chi connectivity index (χ1) is 17.4. The van der Waals surface area contributed by atoms with Gasteiger partial charge in [0.1, 0.15) is 5.82 Å². The molecule has 1 fully saturated rings. The number of fused-ring (bicyclic) bond motifs is 1. The first kappa shape index (κ1) is 24.8. The van der Waals surface area contributed by atoms with E-state index in [1.54, 1.807) is 18.2 Å². The maximum atomic E-state index is 14.6. The fourth-order valence-corrected chi connectivity index (χ4v) is 5.71. The second kappa shape index (κ2) is 10.2. The summed E-state index contributed by atoms with van der Waals surface area (Å²) in [5, 5.41) is 0.994. The molecule has 3 aromatic carbocycles. The minimum atomic E-state index is -0.367. The van der Waals surface area contributed by atoms with Crippen LogP contribution in [0, 0.1) is 5.82 Å². The molecule has 8 heteroatoms. The van der Waals surface area contributed by atoms with Gasteiger partial charge in [0.05, 0.1) is 23.5 Å². The summed E-state index contributed by atoms with van der Waals surface area (Å²) < 4.78 is 17.5. The summed E-state index contributed by atoms with van der Waals surface area (Å²) in [5.41, 5.74) is 4.13. The van der Waals surface area contributed by atoms with Crippen LogP contribution in [0.25, 0.3) is 17.0 Å². The Morgan fingerprint density at radius 2 is 1.78 bits per heavy atom. The van der Waals surface area contributed by atoms with Gasteiger partial charge in [0, 0.05) is 32.2 Å². The summed E-state index contributed by atoms with van der Waals surface area (Å²) in [6, 6.07) is 18.2. The molecule has 0 saturated carbocycles. The topological polar surface area (TPSA) is 42.3 Å². The highest BCUT2D eigenvalue weighted by atomic mass is 79.9. The van der Waals surface area contributed by atoms with Gasteiger partial charge in [-0.1, -0.05) is 70.9 Å². The third-order valence-corrected chi connectivity index (χ3v) is 7.99. The Morgan fingerprint density at radius 1 is 1.03 bits per heavy atom. The van der Waals surface area contributed by atoms with E-state index in [4.69, 9.17) is 11.6 Å². The molecule has 4 nitrogen and oxygen atoms in total. The number of aromatic nitrogens is 1. The van der Waals surface area contributed by atoms with Crippen molar-refractivity contribution in [2.75, 3.05) is 0 Å². The number of halogens is 3. The summed E-state index contributed by atoms with van der Waals surface area (Å²) in [6.45, 7) is 2.52. The molecule has 2 heterocycles. The van der Waals surface area contributed by atoms with E-state index >= 15 is 0 Å². The van der Waals surface area contributed by atoms with Crippen molar-refractivity contribution in [2.45, 2.75) is 26.4 Å². The number of para-hydroxylation sites is 1. The quantitative estimate of drug-likeness (QED) is 0.216. The minimum absolute atomic E-state index is 0.211. The van der Waals surface area contributed by atoms with Gasteiger partial charge in [-0.2, -0.15) is 0 Å². The minimum Gasteiger partial charge on any atom is -0.342 e. The molecular weight excluding hydrogens is 563 g/mol. The van der Waals surface area contributed by atoms with E-state index < -0.39 is 0 Å². The van der Waals surface area contributed by atoms with Crippen molar-refractivity contribution in [1.29, 1.82) is 0 Å². The van der Waals surface area contributed by atoms with Crippen molar-refractivity contribution >= 4 is 67.4 Å². The first-order valence-corrected chi connectivity index (χ1v) is 13.4. The summed E-state index contributed by atoms with van der Waals surface area (Å²) in [7, 11) is 0. The number of thioether (sulfide) groups is 1. The number of benzene rings is 3. The molecule has 2 amide bonds. The van der Waals surface area contributed by atoms with E-state index in [9.17, 15) is 14.0 Å². The lowest BCUT2D eigenvalue weighted by atomic mass is 10.1. The normalized spacial score (nSPS) is 15.0. The van der Waals surface area contributed by atoms with Crippen LogP contribution in [0.2, 0.25) is 5.02 Å². The molecule has 0 aliphatic carbocycles. The molecule has 0 radical (unpaired) electrons. The molecule has 182 valence electrons. The van der Waals surface area contributed by atoms with Crippen molar-refractivity contribution in [2.24, 2.45) is 0 Å². The predicted molar refractivity (Wildman–Crippen MR) is 147 cm³/mol. The first-order valence-electron chi connectivity index (χ1n) is 11.4. The van der Waals surface area contributed by atoms with Crippen LogP contribution in [0.5, 0.6) is 0 Å². The van der Waals surface area contributed by atoms with Gasteiger partial charge in [0.25, 0.3) is 11.1 Å². The van der Waals surface area contributed by atoms with E-state index in [0.29, 0.717) is 15.5 Å². The molecule has 36 heavy (non-hydrogen) atoms. The molecule has 0 N–H and O–H groups in total. The predicted octanol–water partition coefficient (Wildman–Crippen LogP) is 8.04. The molecule has 0 bridgehead atoms. The maximum absolute atomic E-state index is 14.6. The van der Waals surface area contributed by atoms with E-state index in [0.717, 1.165) is 50.2 Å². The smallest absolute Gasteiger partial charge is 0.293 e. The van der Waals surface area contributed by atoms with Crippen molar-refractivity contribution in [1.82, 2.24) is 9.47 Å². The molecular formula is C28H21BrClFN2O2S. The summed E-state index contributed by atoms with van der Waals surface area (Å²) in [5.74, 6) is -0.688. The van der Waals surface area contributed by atoms with Crippen LogP contribution < -0.4 is 0 Å². The summed E-state index contributed by atoms with van der Waals surface area (Å²) >= 11 is 10.6. The van der Waals surface area contributed by atoms with Crippen LogP contribution in [0.3, 0.4) is 0 Å². The average Bonchev–Trinajstić information content (AvgIpc) is 3.34. The zero-order chi connectivity index (χ0) is 25.4. The van der Waals surface area contributed by atoms with Crippen molar-refractivity contribution in [3.63, 3.8) is 0 Å². The van der Waals surface area contributed by atoms with E-state index in [1.165, 1.54) is 11.0 Å². The lowest BCUT2D eigenvalue weighted by Gasteiger charge is -2.12. The van der Waals surface area contributed by atoms with Gasteiger partial charge < -0.3 is 4.57 Å². The summed E-state index contributed by atoms with van der Waals surface area (Å²) in [6.07, 6.45) is 4.44. The number of carbonyl (C=O) groups is 2. The Kier molecular flexibility index (Phi) is 7.06. The third kappa shape index (κ3) is 4.75. The molecule has 0 atom stereocenters. The second-order valence-electron chi connectivity index (χ2n) is 8.47. The standard InChI is InChI=1S/C28H21BrClFN2O2S/c1-2-18-5-3-6-21-19(15-32(26(18)21)16-22-23(30)7-4-8-24(22)31)13-25-27(34)33(28(35)36-25)14-17-9-11-20(29)12-10-17/h3-13,15H,2,14,16H2,1H3/b25-13-. The zero-order valence-electron chi connectivity index (χ0n) is 19.3. The number of nitrogens with zero attached hydrogens (tertiary/aromatic N) is 2. The highest BCUT2D eigenvalue weighted by Crippen LogP contribution is 2.36. The number of rotatable bonds is 6. The van der Waals surface area contributed by atoms with Crippen LogP contribution in [0.4, 0.5) is 9.18 Å². The van der Waals surface area contributed by atoms with Crippen LogP contribution >= 0.6 is 39.3 Å². The zero-order valence-corrected chi connectivity index (χ0v) is 22.5. The van der Waals surface area contributed by atoms with Gasteiger partial charge in [0.2, 0.25) is 0 Å². The second-order valence-corrected chi connectivity index (χ2v) is 10.8. The van der Waals surface area contributed by atoms with E-state index in [2.05, 4.69) is 22.9 Å². The Morgan fingerprint density at radius 3 is 2.50 bits per heavy atom. The molecule has 1 aromatic heterocycles. The van der Waals surface area contributed by atoms with E-state index in [-0.39, 0.29) is 30.1 Å². The van der Waals surface area contributed by atoms with Gasteiger partial charge in [-0.05, 0) is 59.7 Å². The van der Waals surface area contributed by atoms with Crippen molar-refractivity contribution in [3.05, 3.63) is 109 Å². The van der Waals surface area contributed by atoms with Gasteiger partial charge in [-0.25, -0.2) is 4.39 Å². The van der Waals surface area contributed by atoms with Gasteiger partial charge in [0.15, 0.2) is 0 Å². The van der Waals surface area contributed by atoms with Crippen LogP contribution in [-0.2, 0) is 24.3 Å². The third-order valence-electron chi connectivity index (χ3n) is 6.20. The summed E-state index contributed by atoms with van der Waals surface area (Å²) in [4.78, 5) is 27.5. The van der Waals surface area contributed by atoms with Gasteiger partial charge >= 0.3 is 0 Å². The fraction of sp³-hybridized carbons (Fsp3) is 0.143. The van der Waals surface area contributed by atoms with E-state index in [1.807, 2.05) is 53.2 Å².